The molecule has 2 aromatic carbocycles. The van der Waals surface area contributed by atoms with Crippen LogP contribution in [0.15, 0.2) is 42.5 Å². The first-order valence-electron chi connectivity index (χ1n) is 6.74. The fourth-order valence-corrected chi connectivity index (χ4v) is 3.00. The van der Waals surface area contributed by atoms with Gasteiger partial charge in [0.15, 0.2) is 0 Å². The van der Waals surface area contributed by atoms with E-state index in [9.17, 15) is 18.0 Å². The molecule has 2 aromatic rings. The van der Waals surface area contributed by atoms with Crippen molar-refractivity contribution in [3.63, 3.8) is 0 Å². The summed E-state index contributed by atoms with van der Waals surface area (Å²) in [7, 11) is -2.54. The zero-order valence-electron chi connectivity index (χ0n) is 13.0. The van der Waals surface area contributed by atoms with E-state index in [1.54, 1.807) is 0 Å². The Balaban J connectivity index is 2.58. The molecule has 0 heterocycles. The zero-order chi connectivity index (χ0) is 17.9. The molecule has 125 valence electrons. The summed E-state index contributed by atoms with van der Waals surface area (Å²) in [5.41, 5.74) is 5.14. The molecule has 0 unspecified atom stereocenters. The Kier molecular flexibility index (Phi) is 4.89. The van der Waals surface area contributed by atoms with Gasteiger partial charge in [0.25, 0.3) is 11.8 Å². The molecule has 0 bridgehead atoms. The second-order valence-electron chi connectivity index (χ2n) is 4.87. The summed E-state index contributed by atoms with van der Waals surface area (Å²) in [6.45, 7) is 0. The van der Waals surface area contributed by atoms with Crippen LogP contribution in [0.2, 0.25) is 0 Å². The zero-order valence-corrected chi connectivity index (χ0v) is 13.8. The van der Waals surface area contributed by atoms with Crippen molar-refractivity contribution >= 4 is 27.5 Å². The summed E-state index contributed by atoms with van der Waals surface area (Å²) in [5, 5.41) is 0. The lowest BCUT2D eigenvalue weighted by molar-refractivity contribution is 0.100. The van der Waals surface area contributed by atoms with Crippen molar-refractivity contribution in [3.8, 4) is 5.75 Å². The summed E-state index contributed by atoms with van der Waals surface area (Å²) in [5.74, 6) is -1.15. The Hall–Kier alpha value is -2.87. The van der Waals surface area contributed by atoms with Gasteiger partial charge in [-0.1, -0.05) is 6.07 Å². The van der Waals surface area contributed by atoms with Gasteiger partial charge in [-0.15, -0.1) is 0 Å². The fraction of sp³-hybridized carbons (Fsp3) is 0.125. The van der Waals surface area contributed by atoms with Crippen LogP contribution in [-0.4, -0.2) is 33.6 Å². The van der Waals surface area contributed by atoms with Crippen molar-refractivity contribution in [3.05, 3.63) is 59.7 Å². The summed E-state index contributed by atoms with van der Waals surface area (Å²) in [4.78, 5) is 24.3. The standard InChI is InChI=1S/C16H15N2O5S/c1-23-12-9-7-11(8-10-12)16(20)18(24(2,21)22)14-6-4-3-5-13(14)15(17)19/h3,5-10H,1-2H3,(H2,17,19). The maximum Gasteiger partial charge on any atom is 0.272 e. The van der Waals surface area contributed by atoms with Crippen LogP contribution in [0.5, 0.6) is 5.75 Å². The summed E-state index contributed by atoms with van der Waals surface area (Å²) in [6, 6.07) is 12.5. The van der Waals surface area contributed by atoms with Gasteiger partial charge < -0.3 is 10.5 Å². The smallest absolute Gasteiger partial charge is 0.272 e. The molecule has 0 aliphatic carbocycles. The van der Waals surface area contributed by atoms with E-state index in [0.717, 1.165) is 6.26 Å². The molecule has 8 heteroatoms. The maximum absolute atomic E-state index is 12.7. The average molecular weight is 347 g/mol. The number of amides is 2. The lowest BCUT2D eigenvalue weighted by atomic mass is 10.1. The molecule has 0 saturated heterocycles. The molecule has 7 nitrogen and oxygen atoms in total. The molecule has 1 radical (unpaired) electrons. The fourth-order valence-electron chi connectivity index (χ4n) is 2.09. The third-order valence-electron chi connectivity index (χ3n) is 3.18. The van der Waals surface area contributed by atoms with Gasteiger partial charge in [0.05, 0.1) is 24.6 Å². The van der Waals surface area contributed by atoms with Crippen LogP contribution < -0.4 is 14.8 Å². The molecule has 0 aromatic heterocycles. The number of benzene rings is 2. The third-order valence-corrected chi connectivity index (χ3v) is 4.21. The summed E-state index contributed by atoms with van der Waals surface area (Å²) < 4.78 is 29.9. The number of hydrogen-bond donors (Lipinski definition) is 1. The number of methoxy groups -OCH3 is 1. The first kappa shape index (κ1) is 17.5. The van der Waals surface area contributed by atoms with E-state index in [1.165, 1.54) is 49.6 Å². The maximum atomic E-state index is 12.7. The van der Waals surface area contributed by atoms with Crippen LogP contribution in [0.25, 0.3) is 0 Å². The minimum atomic E-state index is -4.01. The number of rotatable bonds is 5. The van der Waals surface area contributed by atoms with E-state index < -0.39 is 21.8 Å². The normalized spacial score (nSPS) is 10.9. The Bertz CT molecular complexity index is 876. The predicted molar refractivity (Wildman–Crippen MR) is 88.4 cm³/mol. The Morgan fingerprint density at radius 2 is 1.79 bits per heavy atom. The molecular formula is C16H15N2O5S. The molecule has 24 heavy (non-hydrogen) atoms. The van der Waals surface area contributed by atoms with E-state index >= 15 is 0 Å². The second-order valence-corrected chi connectivity index (χ2v) is 6.70. The van der Waals surface area contributed by atoms with Gasteiger partial charge in [0.1, 0.15) is 5.75 Å². The Labute approximate surface area is 139 Å². The lowest BCUT2D eigenvalue weighted by Gasteiger charge is -2.22. The monoisotopic (exact) mass is 347 g/mol. The van der Waals surface area contributed by atoms with Gasteiger partial charge >= 0.3 is 0 Å². The van der Waals surface area contributed by atoms with E-state index in [1.807, 2.05) is 0 Å². The molecule has 2 N–H and O–H groups in total. The largest absolute Gasteiger partial charge is 0.497 e. The quantitative estimate of drug-likeness (QED) is 0.874. The third kappa shape index (κ3) is 3.54. The minimum Gasteiger partial charge on any atom is -0.497 e. The molecule has 0 aliphatic heterocycles. The number of hydrogen-bond acceptors (Lipinski definition) is 5. The van der Waals surface area contributed by atoms with Crippen molar-refractivity contribution in [1.82, 2.24) is 0 Å². The molecule has 0 spiro atoms. The molecule has 2 amide bonds. The highest BCUT2D eigenvalue weighted by Crippen LogP contribution is 2.25. The van der Waals surface area contributed by atoms with Gasteiger partial charge in [-0.2, -0.15) is 0 Å². The molecule has 0 aliphatic rings. The van der Waals surface area contributed by atoms with Crippen LogP contribution in [0.4, 0.5) is 5.69 Å². The SMILES string of the molecule is COc1ccc(C(=O)N(c2c[c]ccc2C(N)=O)S(C)(=O)=O)cc1. The molecule has 0 saturated carbocycles. The average Bonchev–Trinajstić information content (AvgIpc) is 2.54. The minimum absolute atomic E-state index is 0.0963. The van der Waals surface area contributed by atoms with Crippen LogP contribution in [0.3, 0.4) is 0 Å². The highest BCUT2D eigenvalue weighted by atomic mass is 32.2. The number of carbonyl (C=O) groups is 2. The molecular weight excluding hydrogens is 332 g/mol. The number of carbonyl (C=O) groups excluding carboxylic acids is 2. The predicted octanol–water partition coefficient (Wildman–Crippen LogP) is 1.20. The van der Waals surface area contributed by atoms with E-state index in [-0.39, 0.29) is 16.8 Å². The van der Waals surface area contributed by atoms with Crippen LogP contribution >= 0.6 is 0 Å². The molecule has 0 atom stereocenters. The number of anilines is 1. The van der Waals surface area contributed by atoms with Crippen LogP contribution in [-0.2, 0) is 10.0 Å². The van der Waals surface area contributed by atoms with Crippen molar-refractivity contribution in [2.45, 2.75) is 0 Å². The molecule has 2 rings (SSSR count). The van der Waals surface area contributed by atoms with E-state index in [0.29, 0.717) is 10.1 Å². The number of nitrogens with zero attached hydrogens (tertiary/aromatic N) is 1. The van der Waals surface area contributed by atoms with Crippen molar-refractivity contribution in [1.29, 1.82) is 0 Å². The number of ether oxygens (including phenoxy) is 1. The van der Waals surface area contributed by atoms with Crippen LogP contribution in [0.1, 0.15) is 20.7 Å². The first-order chi connectivity index (χ1) is 11.3. The van der Waals surface area contributed by atoms with Gasteiger partial charge in [0.2, 0.25) is 10.0 Å². The van der Waals surface area contributed by atoms with Crippen LogP contribution in [0, 0.1) is 6.07 Å². The summed E-state index contributed by atoms with van der Waals surface area (Å²) in [6.07, 6.45) is 0.867. The van der Waals surface area contributed by atoms with Crippen molar-refractivity contribution in [2.24, 2.45) is 5.73 Å². The van der Waals surface area contributed by atoms with Crippen molar-refractivity contribution in [2.75, 3.05) is 17.7 Å². The topological polar surface area (TPSA) is 107 Å². The second kappa shape index (κ2) is 6.71. The van der Waals surface area contributed by atoms with Gasteiger partial charge in [0, 0.05) is 5.56 Å². The van der Waals surface area contributed by atoms with E-state index in [4.69, 9.17) is 10.5 Å². The molecule has 0 fully saturated rings. The Morgan fingerprint density at radius 3 is 2.29 bits per heavy atom. The number of primary amides is 1. The lowest BCUT2D eigenvalue weighted by Crippen LogP contribution is -2.37. The van der Waals surface area contributed by atoms with Gasteiger partial charge in [-0.25, -0.2) is 12.7 Å². The summed E-state index contributed by atoms with van der Waals surface area (Å²) >= 11 is 0. The highest BCUT2D eigenvalue weighted by Gasteiger charge is 2.29. The van der Waals surface area contributed by atoms with E-state index in [2.05, 4.69) is 6.07 Å². The first-order valence-corrected chi connectivity index (χ1v) is 8.59. The Morgan fingerprint density at radius 1 is 1.17 bits per heavy atom. The van der Waals surface area contributed by atoms with Gasteiger partial charge in [-0.05, 0) is 42.5 Å². The van der Waals surface area contributed by atoms with Gasteiger partial charge in [-0.3, -0.25) is 9.59 Å². The van der Waals surface area contributed by atoms with Crippen molar-refractivity contribution < 1.29 is 22.7 Å². The number of sulfonamides is 1. The number of nitrogens with two attached hydrogens (primary N) is 1. The highest BCUT2D eigenvalue weighted by molar-refractivity contribution is 7.92.